The Morgan fingerprint density at radius 1 is 1.23 bits per heavy atom. The SMILES string of the molecule is CCC(C)SSc1ccc(C)cc1. The number of benzene rings is 1. The van der Waals surface area contributed by atoms with Gasteiger partial charge < -0.3 is 0 Å². The predicted octanol–water partition coefficient (Wildman–Crippen LogP) is 4.53. The molecule has 1 aromatic rings. The standard InChI is InChI=1S/C11H16S2/c1-4-10(3)12-13-11-7-5-9(2)6-8-11/h5-8,10H,4H2,1-3H3. The van der Waals surface area contributed by atoms with Gasteiger partial charge in [0.05, 0.1) is 0 Å². The van der Waals surface area contributed by atoms with Crippen LogP contribution in [0.2, 0.25) is 0 Å². The van der Waals surface area contributed by atoms with Gasteiger partial charge in [-0.05, 0) is 25.5 Å². The fourth-order valence-electron chi connectivity index (χ4n) is 0.800. The largest absolute Gasteiger partial charge is 0.0858 e. The van der Waals surface area contributed by atoms with E-state index < -0.39 is 0 Å². The smallest absolute Gasteiger partial charge is 0.0183 e. The van der Waals surface area contributed by atoms with Crippen molar-refractivity contribution in [2.75, 3.05) is 0 Å². The highest BCUT2D eigenvalue weighted by atomic mass is 33.1. The zero-order valence-electron chi connectivity index (χ0n) is 8.41. The van der Waals surface area contributed by atoms with Crippen LogP contribution in [-0.2, 0) is 0 Å². The summed E-state index contributed by atoms with van der Waals surface area (Å²) in [7, 11) is 3.83. The van der Waals surface area contributed by atoms with Gasteiger partial charge in [-0.25, -0.2) is 0 Å². The summed E-state index contributed by atoms with van der Waals surface area (Å²) < 4.78 is 0. The molecule has 0 spiro atoms. The van der Waals surface area contributed by atoms with Crippen molar-refractivity contribution in [3.05, 3.63) is 29.8 Å². The summed E-state index contributed by atoms with van der Waals surface area (Å²) in [5, 5.41) is 0.742. The molecule has 0 saturated heterocycles. The second-order valence-electron chi connectivity index (χ2n) is 3.21. The van der Waals surface area contributed by atoms with Crippen molar-refractivity contribution < 1.29 is 0 Å². The molecule has 72 valence electrons. The van der Waals surface area contributed by atoms with Crippen LogP contribution in [0.25, 0.3) is 0 Å². The third-order valence-electron chi connectivity index (χ3n) is 1.90. The van der Waals surface area contributed by atoms with Crippen molar-refractivity contribution >= 4 is 21.6 Å². The summed E-state index contributed by atoms with van der Waals surface area (Å²) >= 11 is 0. The molecule has 0 heterocycles. The lowest BCUT2D eigenvalue weighted by Crippen LogP contribution is -1.88. The van der Waals surface area contributed by atoms with E-state index in [0.29, 0.717) is 0 Å². The zero-order chi connectivity index (χ0) is 9.68. The molecule has 1 rings (SSSR count). The summed E-state index contributed by atoms with van der Waals surface area (Å²) in [6.45, 7) is 6.62. The van der Waals surface area contributed by atoms with Crippen LogP contribution in [0.1, 0.15) is 25.8 Å². The van der Waals surface area contributed by atoms with Gasteiger partial charge in [-0.15, -0.1) is 0 Å². The Balaban J connectivity index is 2.41. The predicted molar refractivity (Wildman–Crippen MR) is 64.4 cm³/mol. The lowest BCUT2D eigenvalue weighted by Gasteiger charge is -2.06. The molecule has 0 nitrogen and oxygen atoms in total. The van der Waals surface area contributed by atoms with Crippen LogP contribution in [0, 0.1) is 6.92 Å². The van der Waals surface area contributed by atoms with E-state index in [1.165, 1.54) is 16.9 Å². The Labute approximate surface area is 88.9 Å². The summed E-state index contributed by atoms with van der Waals surface area (Å²) in [4.78, 5) is 1.36. The number of hydrogen-bond acceptors (Lipinski definition) is 2. The highest BCUT2D eigenvalue weighted by Gasteiger charge is 2.00. The highest BCUT2D eigenvalue weighted by molar-refractivity contribution is 8.76. The minimum absolute atomic E-state index is 0.742. The van der Waals surface area contributed by atoms with E-state index in [9.17, 15) is 0 Å². The normalized spacial score (nSPS) is 12.8. The lowest BCUT2D eigenvalue weighted by molar-refractivity contribution is 0.912. The van der Waals surface area contributed by atoms with Gasteiger partial charge in [0.1, 0.15) is 0 Å². The molecule has 1 atom stereocenters. The third-order valence-corrected chi connectivity index (χ3v) is 4.98. The van der Waals surface area contributed by atoms with Crippen LogP contribution in [0.15, 0.2) is 29.2 Å². The Morgan fingerprint density at radius 3 is 2.38 bits per heavy atom. The first-order valence-corrected chi connectivity index (χ1v) is 6.83. The van der Waals surface area contributed by atoms with Crippen LogP contribution in [-0.4, -0.2) is 5.25 Å². The average Bonchev–Trinajstić information content (AvgIpc) is 2.16. The maximum Gasteiger partial charge on any atom is 0.0183 e. The van der Waals surface area contributed by atoms with Crippen molar-refractivity contribution in [1.29, 1.82) is 0 Å². The van der Waals surface area contributed by atoms with Crippen molar-refractivity contribution in [3.63, 3.8) is 0 Å². The minimum Gasteiger partial charge on any atom is -0.0858 e. The molecule has 0 bridgehead atoms. The van der Waals surface area contributed by atoms with Crippen molar-refractivity contribution in [2.24, 2.45) is 0 Å². The lowest BCUT2D eigenvalue weighted by atomic mass is 10.2. The van der Waals surface area contributed by atoms with Crippen LogP contribution in [0.5, 0.6) is 0 Å². The molecule has 0 aliphatic carbocycles. The Kier molecular flexibility index (Phi) is 4.74. The molecular weight excluding hydrogens is 196 g/mol. The van der Waals surface area contributed by atoms with Gasteiger partial charge in [-0.2, -0.15) is 0 Å². The third kappa shape index (κ3) is 4.10. The Morgan fingerprint density at radius 2 is 1.85 bits per heavy atom. The van der Waals surface area contributed by atoms with E-state index >= 15 is 0 Å². The van der Waals surface area contributed by atoms with Gasteiger partial charge in [0.15, 0.2) is 0 Å². The Hall–Kier alpha value is -0.0800. The molecular formula is C11H16S2. The molecule has 2 heteroatoms. The molecule has 0 aliphatic heterocycles. The minimum atomic E-state index is 0.742. The highest BCUT2D eigenvalue weighted by Crippen LogP contribution is 2.35. The molecule has 0 aliphatic rings. The van der Waals surface area contributed by atoms with Gasteiger partial charge in [-0.1, -0.05) is 53.1 Å². The maximum absolute atomic E-state index is 2.27. The van der Waals surface area contributed by atoms with Crippen molar-refractivity contribution in [2.45, 2.75) is 37.3 Å². The number of rotatable bonds is 4. The first-order valence-electron chi connectivity index (χ1n) is 4.62. The summed E-state index contributed by atoms with van der Waals surface area (Å²) in [6, 6.07) is 8.71. The van der Waals surface area contributed by atoms with Gasteiger partial charge in [0.2, 0.25) is 0 Å². The van der Waals surface area contributed by atoms with E-state index in [1.54, 1.807) is 0 Å². The molecule has 0 N–H and O–H groups in total. The molecule has 1 aromatic carbocycles. The molecule has 0 saturated carbocycles. The summed E-state index contributed by atoms with van der Waals surface area (Å²) in [5.41, 5.74) is 1.33. The monoisotopic (exact) mass is 212 g/mol. The van der Waals surface area contributed by atoms with Gasteiger partial charge in [0, 0.05) is 10.1 Å². The first kappa shape index (κ1) is 11.0. The quantitative estimate of drug-likeness (QED) is 0.672. The molecule has 0 radical (unpaired) electrons. The van der Waals surface area contributed by atoms with E-state index in [4.69, 9.17) is 0 Å². The maximum atomic E-state index is 2.27. The van der Waals surface area contributed by atoms with Gasteiger partial charge in [0.25, 0.3) is 0 Å². The Bertz CT molecular complexity index is 241. The topological polar surface area (TPSA) is 0 Å². The molecule has 0 fully saturated rings. The van der Waals surface area contributed by atoms with Crippen molar-refractivity contribution in [3.8, 4) is 0 Å². The van der Waals surface area contributed by atoms with E-state index in [1.807, 2.05) is 21.6 Å². The second kappa shape index (κ2) is 5.61. The average molecular weight is 212 g/mol. The van der Waals surface area contributed by atoms with Crippen LogP contribution >= 0.6 is 21.6 Å². The fraction of sp³-hybridized carbons (Fsp3) is 0.455. The molecule has 0 amide bonds. The molecule has 1 unspecified atom stereocenters. The van der Waals surface area contributed by atoms with Crippen LogP contribution < -0.4 is 0 Å². The summed E-state index contributed by atoms with van der Waals surface area (Å²) in [5.74, 6) is 0. The molecule has 13 heavy (non-hydrogen) atoms. The number of hydrogen-bond donors (Lipinski definition) is 0. The van der Waals surface area contributed by atoms with Crippen LogP contribution in [0.3, 0.4) is 0 Å². The van der Waals surface area contributed by atoms with Crippen LogP contribution in [0.4, 0.5) is 0 Å². The number of aryl methyl sites for hydroxylation is 1. The second-order valence-corrected chi connectivity index (χ2v) is 5.92. The van der Waals surface area contributed by atoms with Gasteiger partial charge in [-0.3, -0.25) is 0 Å². The van der Waals surface area contributed by atoms with E-state index in [0.717, 1.165) is 5.25 Å². The fourth-order valence-corrected chi connectivity index (χ4v) is 3.03. The van der Waals surface area contributed by atoms with Gasteiger partial charge >= 0.3 is 0 Å². The van der Waals surface area contributed by atoms with Crippen molar-refractivity contribution in [1.82, 2.24) is 0 Å². The first-order chi connectivity index (χ1) is 6.22. The van der Waals surface area contributed by atoms with E-state index in [-0.39, 0.29) is 0 Å². The van der Waals surface area contributed by atoms with E-state index in [2.05, 4.69) is 45.0 Å². The zero-order valence-corrected chi connectivity index (χ0v) is 10.0. The summed E-state index contributed by atoms with van der Waals surface area (Å²) in [6.07, 6.45) is 1.24. The molecule has 0 aromatic heterocycles.